The summed E-state index contributed by atoms with van der Waals surface area (Å²) in [4.78, 5) is 11.2. The van der Waals surface area contributed by atoms with Crippen molar-refractivity contribution in [2.24, 2.45) is 0 Å². The average molecular weight is 300 g/mol. The first-order chi connectivity index (χ1) is 10.7. The summed E-state index contributed by atoms with van der Waals surface area (Å²) < 4.78 is 14.0. The largest absolute Gasteiger partial charge is 0.389 e. The van der Waals surface area contributed by atoms with Crippen molar-refractivity contribution in [3.8, 4) is 0 Å². The highest BCUT2D eigenvalue weighted by atomic mass is 19.1. The number of benzene rings is 2. The third-order valence-electron chi connectivity index (χ3n) is 3.65. The van der Waals surface area contributed by atoms with E-state index < -0.39 is 12.8 Å². The van der Waals surface area contributed by atoms with Crippen molar-refractivity contribution in [1.82, 2.24) is 0 Å². The number of ketones is 1. The van der Waals surface area contributed by atoms with Gasteiger partial charge in [0.2, 0.25) is 0 Å². The van der Waals surface area contributed by atoms with E-state index in [2.05, 4.69) is 0 Å². The lowest BCUT2D eigenvalue weighted by Gasteiger charge is -2.09. The number of alkyl halides is 1. The first-order valence-corrected chi connectivity index (χ1v) is 7.55. The Morgan fingerprint density at radius 2 is 1.59 bits per heavy atom. The van der Waals surface area contributed by atoms with Gasteiger partial charge in [-0.05, 0) is 29.5 Å². The maximum atomic E-state index is 14.0. The quantitative estimate of drug-likeness (QED) is 0.812. The van der Waals surface area contributed by atoms with Crippen molar-refractivity contribution < 1.29 is 14.3 Å². The summed E-state index contributed by atoms with van der Waals surface area (Å²) in [7, 11) is 0. The van der Waals surface area contributed by atoms with E-state index in [1.54, 1.807) is 0 Å². The Balaban J connectivity index is 1.80. The van der Waals surface area contributed by atoms with E-state index in [-0.39, 0.29) is 12.2 Å². The summed E-state index contributed by atoms with van der Waals surface area (Å²) in [5, 5.41) is 8.73. The zero-order chi connectivity index (χ0) is 15.8. The van der Waals surface area contributed by atoms with Crippen molar-refractivity contribution in [3.63, 3.8) is 0 Å². The molecule has 0 spiro atoms. The van der Waals surface area contributed by atoms with Gasteiger partial charge in [0.1, 0.15) is 12.8 Å². The van der Waals surface area contributed by atoms with E-state index in [0.29, 0.717) is 19.3 Å². The predicted octanol–water partition coefficient (Wildman–Crippen LogP) is 3.30. The molecule has 1 N–H and O–H groups in total. The first kappa shape index (κ1) is 16.4. The van der Waals surface area contributed by atoms with Crippen LogP contribution in [-0.4, -0.2) is 23.7 Å². The molecule has 0 aliphatic heterocycles. The maximum Gasteiger partial charge on any atom is 0.162 e. The van der Waals surface area contributed by atoms with E-state index in [1.807, 2.05) is 54.6 Å². The lowest BCUT2D eigenvalue weighted by molar-refractivity contribution is -0.121. The molecule has 0 aliphatic carbocycles. The molecule has 0 aromatic heterocycles. The zero-order valence-electron chi connectivity index (χ0n) is 12.5. The van der Waals surface area contributed by atoms with Crippen LogP contribution >= 0.6 is 0 Å². The maximum absolute atomic E-state index is 14.0. The minimum absolute atomic E-state index is 0.195. The highest BCUT2D eigenvalue weighted by molar-refractivity contribution is 5.81. The number of aliphatic hydroxyl groups excluding tert-OH is 1. The van der Waals surface area contributed by atoms with Crippen molar-refractivity contribution >= 4 is 5.78 Å². The lowest BCUT2D eigenvalue weighted by Crippen LogP contribution is -2.08. The summed E-state index contributed by atoms with van der Waals surface area (Å²) in [5.41, 5.74) is 2.97. The smallest absolute Gasteiger partial charge is 0.162 e. The molecule has 1 atom stereocenters. The van der Waals surface area contributed by atoms with Crippen LogP contribution in [0.15, 0.2) is 54.6 Å². The Bertz CT molecular complexity index is 578. The van der Waals surface area contributed by atoms with E-state index in [1.165, 1.54) is 0 Å². The van der Waals surface area contributed by atoms with E-state index in [4.69, 9.17) is 5.11 Å². The lowest BCUT2D eigenvalue weighted by atomic mass is 10.0. The normalized spacial score (nSPS) is 12.1. The summed E-state index contributed by atoms with van der Waals surface area (Å²) in [6.07, 6.45) is 1.02. The van der Waals surface area contributed by atoms with Crippen molar-refractivity contribution in [2.45, 2.75) is 31.9 Å². The monoisotopic (exact) mass is 300 g/mol. The van der Waals surface area contributed by atoms with Crippen LogP contribution in [0.1, 0.15) is 23.1 Å². The zero-order valence-corrected chi connectivity index (χ0v) is 12.5. The van der Waals surface area contributed by atoms with E-state index >= 15 is 0 Å². The van der Waals surface area contributed by atoms with Gasteiger partial charge in [-0.25, -0.2) is 4.39 Å². The summed E-state index contributed by atoms with van der Waals surface area (Å²) >= 11 is 0. The van der Waals surface area contributed by atoms with Crippen LogP contribution in [-0.2, 0) is 24.1 Å². The molecule has 0 saturated carbocycles. The summed E-state index contributed by atoms with van der Waals surface area (Å²) in [5.74, 6) is -0.195. The number of aryl methyl sites for hydroxylation is 1. The van der Waals surface area contributed by atoms with Crippen LogP contribution in [0.3, 0.4) is 0 Å². The molecule has 2 nitrogen and oxygen atoms in total. The fourth-order valence-electron chi connectivity index (χ4n) is 2.40. The van der Waals surface area contributed by atoms with Gasteiger partial charge in [0.15, 0.2) is 5.78 Å². The second-order valence-corrected chi connectivity index (χ2v) is 5.52. The Morgan fingerprint density at radius 1 is 0.955 bits per heavy atom. The molecule has 2 rings (SSSR count). The molecule has 0 heterocycles. The Kier molecular flexibility index (Phi) is 6.28. The molecule has 2 aromatic carbocycles. The Morgan fingerprint density at radius 3 is 2.23 bits per heavy atom. The second-order valence-electron chi connectivity index (χ2n) is 5.52. The number of hydrogen-bond acceptors (Lipinski definition) is 2. The van der Waals surface area contributed by atoms with Gasteiger partial charge in [0.05, 0.1) is 0 Å². The van der Waals surface area contributed by atoms with Crippen molar-refractivity contribution in [2.75, 3.05) is 6.61 Å². The molecule has 1 unspecified atom stereocenters. The Hall–Kier alpha value is -2.00. The van der Waals surface area contributed by atoms with Crippen LogP contribution in [0.2, 0.25) is 0 Å². The highest BCUT2D eigenvalue weighted by Gasteiger charge is 2.08. The molecule has 0 radical (unpaired) electrons. The van der Waals surface area contributed by atoms with E-state index in [0.717, 1.165) is 16.7 Å². The van der Waals surface area contributed by atoms with Crippen LogP contribution < -0.4 is 0 Å². The number of hydrogen-bond donors (Lipinski definition) is 1. The molecule has 2 aromatic rings. The van der Waals surface area contributed by atoms with Crippen LogP contribution in [0.4, 0.5) is 4.39 Å². The number of halogens is 1. The van der Waals surface area contributed by atoms with Gasteiger partial charge in [0.25, 0.3) is 0 Å². The Labute approximate surface area is 130 Å². The van der Waals surface area contributed by atoms with Gasteiger partial charge in [-0.2, -0.15) is 0 Å². The van der Waals surface area contributed by atoms with Crippen LogP contribution in [0.5, 0.6) is 0 Å². The predicted molar refractivity (Wildman–Crippen MR) is 85.6 cm³/mol. The highest BCUT2D eigenvalue weighted by Crippen LogP contribution is 2.14. The summed E-state index contributed by atoms with van der Waals surface area (Å²) in [6, 6.07) is 17.3. The third kappa shape index (κ3) is 5.41. The molecular weight excluding hydrogens is 279 g/mol. The molecule has 0 amide bonds. The minimum Gasteiger partial charge on any atom is -0.389 e. The van der Waals surface area contributed by atoms with Gasteiger partial charge in [0, 0.05) is 12.8 Å². The van der Waals surface area contributed by atoms with Crippen LogP contribution in [0, 0.1) is 0 Å². The minimum atomic E-state index is -0.849. The van der Waals surface area contributed by atoms with Gasteiger partial charge in [-0.15, -0.1) is 0 Å². The van der Waals surface area contributed by atoms with Gasteiger partial charge >= 0.3 is 0 Å². The van der Waals surface area contributed by atoms with Crippen molar-refractivity contribution in [3.05, 3.63) is 71.3 Å². The second kappa shape index (κ2) is 8.44. The molecular formula is C19H21FO2. The number of carbonyl (C=O) groups excluding carboxylic acids is 1. The topological polar surface area (TPSA) is 37.3 Å². The van der Waals surface area contributed by atoms with Gasteiger partial charge in [-0.3, -0.25) is 4.79 Å². The molecule has 3 heteroatoms. The number of Topliss-reactive ketones (excluding diaryl/α,β-unsaturated/α-hetero) is 1. The fourth-order valence-corrected chi connectivity index (χ4v) is 2.40. The molecule has 0 aliphatic rings. The summed E-state index contributed by atoms with van der Waals surface area (Å²) in [6.45, 7) is -0.426. The standard InChI is InChI=1S/C19H21FO2/c20-18(12-16-4-2-1-3-5-16)11-10-15-6-8-17(9-7-15)13-19(22)14-21/h1-9,18,21H,10-14H2. The fraction of sp³-hybridized carbons (Fsp3) is 0.316. The SMILES string of the molecule is O=C(CO)Cc1ccc(CCC(F)Cc2ccccc2)cc1. The average Bonchev–Trinajstić information content (AvgIpc) is 2.55. The van der Waals surface area contributed by atoms with Gasteiger partial charge in [-0.1, -0.05) is 54.6 Å². The molecule has 0 fully saturated rings. The van der Waals surface area contributed by atoms with Crippen molar-refractivity contribution in [1.29, 1.82) is 0 Å². The number of carbonyl (C=O) groups is 1. The molecule has 116 valence electrons. The third-order valence-corrected chi connectivity index (χ3v) is 3.65. The molecule has 22 heavy (non-hydrogen) atoms. The first-order valence-electron chi connectivity index (χ1n) is 7.55. The number of rotatable bonds is 8. The van der Waals surface area contributed by atoms with Crippen LogP contribution in [0.25, 0.3) is 0 Å². The van der Waals surface area contributed by atoms with E-state index in [9.17, 15) is 9.18 Å². The van der Waals surface area contributed by atoms with Gasteiger partial charge < -0.3 is 5.11 Å². The molecule has 0 saturated heterocycles. The number of aliphatic hydroxyl groups is 1. The molecule has 0 bridgehead atoms.